The molecule has 8 nitrogen and oxygen atoms in total. The molecule has 1 amide bonds. The third-order valence-electron chi connectivity index (χ3n) is 4.25. The van der Waals surface area contributed by atoms with Crippen LogP contribution in [0.4, 0.5) is 0 Å². The molecule has 1 heterocycles. The number of benzene rings is 2. The summed E-state index contributed by atoms with van der Waals surface area (Å²) in [6, 6.07) is 12.5. The van der Waals surface area contributed by atoms with Crippen LogP contribution in [0.5, 0.6) is 17.2 Å². The predicted molar refractivity (Wildman–Crippen MR) is 105 cm³/mol. The SMILES string of the molecule is COc1ccc(CN(C)C(=O)c2ccc(OCc3noc(C)n3)cc2)cc1OC. The van der Waals surface area contributed by atoms with E-state index in [1.54, 1.807) is 57.4 Å². The molecule has 0 unspecified atom stereocenters. The molecule has 2 aromatic carbocycles. The summed E-state index contributed by atoms with van der Waals surface area (Å²) in [5.74, 6) is 2.76. The van der Waals surface area contributed by atoms with Gasteiger partial charge in [-0.05, 0) is 42.0 Å². The number of aryl methyl sites for hydroxylation is 1. The number of ether oxygens (including phenoxy) is 3. The average Bonchev–Trinajstić information content (AvgIpc) is 3.17. The lowest BCUT2D eigenvalue weighted by atomic mass is 10.1. The molecule has 3 rings (SSSR count). The largest absolute Gasteiger partial charge is 0.493 e. The second-order valence-corrected chi connectivity index (χ2v) is 6.39. The lowest BCUT2D eigenvalue weighted by molar-refractivity contribution is 0.0785. The lowest BCUT2D eigenvalue weighted by Crippen LogP contribution is -2.26. The summed E-state index contributed by atoms with van der Waals surface area (Å²) in [5.41, 5.74) is 1.50. The van der Waals surface area contributed by atoms with Gasteiger partial charge in [-0.1, -0.05) is 11.2 Å². The normalized spacial score (nSPS) is 10.5. The Morgan fingerprint density at radius 3 is 2.41 bits per heavy atom. The number of amides is 1. The van der Waals surface area contributed by atoms with Crippen LogP contribution in [0.25, 0.3) is 0 Å². The second kappa shape index (κ2) is 9.09. The Labute approximate surface area is 169 Å². The van der Waals surface area contributed by atoms with Crippen LogP contribution in [-0.2, 0) is 13.2 Å². The molecule has 0 radical (unpaired) electrons. The Balaban J connectivity index is 1.60. The van der Waals surface area contributed by atoms with Gasteiger partial charge in [0.1, 0.15) is 5.75 Å². The van der Waals surface area contributed by atoms with Crippen molar-refractivity contribution in [2.45, 2.75) is 20.1 Å². The smallest absolute Gasteiger partial charge is 0.253 e. The molecule has 152 valence electrons. The van der Waals surface area contributed by atoms with Crippen LogP contribution in [0.2, 0.25) is 0 Å². The van der Waals surface area contributed by atoms with Crippen molar-refractivity contribution in [1.82, 2.24) is 15.0 Å². The van der Waals surface area contributed by atoms with Gasteiger partial charge in [-0.25, -0.2) is 0 Å². The van der Waals surface area contributed by atoms with Crippen LogP contribution in [0.3, 0.4) is 0 Å². The molecule has 0 fully saturated rings. The fraction of sp³-hybridized carbons (Fsp3) is 0.286. The first-order valence-corrected chi connectivity index (χ1v) is 8.98. The molecule has 0 aliphatic rings. The van der Waals surface area contributed by atoms with E-state index in [0.29, 0.717) is 41.1 Å². The first-order chi connectivity index (χ1) is 14.0. The Kier molecular flexibility index (Phi) is 6.33. The maximum atomic E-state index is 12.7. The van der Waals surface area contributed by atoms with Crippen molar-refractivity contribution in [2.24, 2.45) is 0 Å². The maximum Gasteiger partial charge on any atom is 0.253 e. The monoisotopic (exact) mass is 397 g/mol. The average molecular weight is 397 g/mol. The van der Waals surface area contributed by atoms with Crippen molar-refractivity contribution in [1.29, 1.82) is 0 Å². The first-order valence-electron chi connectivity index (χ1n) is 8.98. The number of nitrogens with zero attached hydrogens (tertiary/aromatic N) is 3. The standard InChI is InChI=1S/C21H23N3O5/c1-14-22-20(23-29-14)13-28-17-8-6-16(7-9-17)21(25)24(2)12-15-5-10-18(26-3)19(11-15)27-4/h5-11H,12-13H2,1-4H3. The highest BCUT2D eigenvalue weighted by atomic mass is 16.5. The molecule has 0 N–H and O–H groups in total. The topological polar surface area (TPSA) is 86.9 Å². The van der Waals surface area contributed by atoms with Gasteiger partial charge in [0.05, 0.1) is 14.2 Å². The van der Waals surface area contributed by atoms with Crippen LogP contribution in [0.15, 0.2) is 47.0 Å². The van der Waals surface area contributed by atoms with Crippen LogP contribution in [-0.4, -0.2) is 42.2 Å². The van der Waals surface area contributed by atoms with Gasteiger partial charge in [0.2, 0.25) is 11.7 Å². The summed E-state index contributed by atoms with van der Waals surface area (Å²) in [6.45, 7) is 2.36. The zero-order valence-corrected chi connectivity index (χ0v) is 16.8. The summed E-state index contributed by atoms with van der Waals surface area (Å²) in [4.78, 5) is 18.4. The Morgan fingerprint density at radius 1 is 1.07 bits per heavy atom. The molecule has 0 atom stereocenters. The van der Waals surface area contributed by atoms with Crippen molar-refractivity contribution >= 4 is 5.91 Å². The lowest BCUT2D eigenvalue weighted by Gasteiger charge is -2.18. The quantitative estimate of drug-likeness (QED) is 0.577. The Hall–Kier alpha value is -3.55. The summed E-state index contributed by atoms with van der Waals surface area (Å²) in [7, 11) is 4.92. The van der Waals surface area contributed by atoms with Crippen molar-refractivity contribution in [2.75, 3.05) is 21.3 Å². The van der Waals surface area contributed by atoms with Gasteiger partial charge in [0.25, 0.3) is 5.91 Å². The van der Waals surface area contributed by atoms with E-state index in [4.69, 9.17) is 18.7 Å². The fourth-order valence-corrected chi connectivity index (χ4v) is 2.79. The molecule has 0 aliphatic carbocycles. The summed E-state index contributed by atoms with van der Waals surface area (Å²) in [6.07, 6.45) is 0. The number of carbonyl (C=O) groups excluding carboxylic acids is 1. The van der Waals surface area contributed by atoms with E-state index in [1.165, 1.54) is 0 Å². The van der Waals surface area contributed by atoms with E-state index in [9.17, 15) is 4.79 Å². The zero-order valence-electron chi connectivity index (χ0n) is 16.8. The van der Waals surface area contributed by atoms with Gasteiger partial charge >= 0.3 is 0 Å². The zero-order chi connectivity index (χ0) is 20.8. The molecular weight excluding hydrogens is 374 g/mol. The Bertz CT molecular complexity index is 969. The van der Waals surface area contributed by atoms with Gasteiger partial charge < -0.3 is 23.6 Å². The van der Waals surface area contributed by atoms with E-state index in [-0.39, 0.29) is 12.5 Å². The molecule has 0 aliphatic heterocycles. The van der Waals surface area contributed by atoms with Crippen LogP contribution in [0.1, 0.15) is 27.6 Å². The third kappa shape index (κ3) is 5.04. The highest BCUT2D eigenvalue weighted by Crippen LogP contribution is 2.28. The molecule has 0 spiro atoms. The van der Waals surface area contributed by atoms with Crippen molar-refractivity contribution < 1.29 is 23.5 Å². The highest BCUT2D eigenvalue weighted by Gasteiger charge is 2.14. The van der Waals surface area contributed by atoms with Gasteiger partial charge in [0.15, 0.2) is 18.1 Å². The third-order valence-corrected chi connectivity index (χ3v) is 4.25. The summed E-state index contributed by atoms with van der Waals surface area (Å²) < 4.78 is 21.1. The van der Waals surface area contributed by atoms with Crippen LogP contribution < -0.4 is 14.2 Å². The number of aromatic nitrogens is 2. The Morgan fingerprint density at radius 2 is 1.79 bits per heavy atom. The molecule has 0 saturated heterocycles. The number of carbonyl (C=O) groups is 1. The number of hydrogen-bond acceptors (Lipinski definition) is 7. The van der Waals surface area contributed by atoms with E-state index in [2.05, 4.69) is 10.1 Å². The minimum Gasteiger partial charge on any atom is -0.493 e. The van der Waals surface area contributed by atoms with E-state index in [1.807, 2.05) is 18.2 Å². The fourth-order valence-electron chi connectivity index (χ4n) is 2.79. The van der Waals surface area contributed by atoms with Crippen molar-refractivity contribution in [3.05, 3.63) is 65.3 Å². The van der Waals surface area contributed by atoms with Crippen molar-refractivity contribution in [3.8, 4) is 17.2 Å². The number of methoxy groups -OCH3 is 2. The van der Waals surface area contributed by atoms with Gasteiger partial charge in [-0.2, -0.15) is 4.98 Å². The minimum atomic E-state index is -0.0971. The number of rotatable bonds is 8. The number of hydrogen-bond donors (Lipinski definition) is 0. The van der Waals surface area contributed by atoms with E-state index >= 15 is 0 Å². The molecule has 0 saturated carbocycles. The predicted octanol–water partition coefficient (Wildman–Crippen LogP) is 3.25. The highest BCUT2D eigenvalue weighted by molar-refractivity contribution is 5.94. The van der Waals surface area contributed by atoms with E-state index in [0.717, 1.165) is 5.56 Å². The molecule has 0 bridgehead atoms. The summed E-state index contributed by atoms with van der Waals surface area (Å²) in [5, 5.41) is 3.77. The van der Waals surface area contributed by atoms with Gasteiger partial charge in [0, 0.05) is 26.1 Å². The van der Waals surface area contributed by atoms with Gasteiger partial charge in [-0.15, -0.1) is 0 Å². The molecule has 3 aromatic rings. The maximum absolute atomic E-state index is 12.7. The molecular formula is C21H23N3O5. The first kappa shape index (κ1) is 20.2. The van der Waals surface area contributed by atoms with Crippen LogP contribution >= 0.6 is 0 Å². The van der Waals surface area contributed by atoms with Crippen LogP contribution in [0, 0.1) is 6.92 Å². The summed E-state index contributed by atoms with van der Waals surface area (Å²) >= 11 is 0. The molecule has 29 heavy (non-hydrogen) atoms. The second-order valence-electron chi connectivity index (χ2n) is 6.39. The minimum absolute atomic E-state index is 0.0971. The van der Waals surface area contributed by atoms with Crippen molar-refractivity contribution in [3.63, 3.8) is 0 Å². The molecule has 8 heteroatoms. The molecule has 1 aromatic heterocycles. The van der Waals surface area contributed by atoms with E-state index < -0.39 is 0 Å². The van der Waals surface area contributed by atoms with Gasteiger partial charge in [-0.3, -0.25) is 4.79 Å².